The minimum absolute atomic E-state index is 0.279. The third-order valence-corrected chi connectivity index (χ3v) is 3.56. The minimum atomic E-state index is -0.677. The molecule has 2 aromatic rings. The lowest BCUT2D eigenvalue weighted by Crippen LogP contribution is -2.32. The third-order valence-electron chi connectivity index (χ3n) is 3.56. The Morgan fingerprint density at radius 2 is 1.88 bits per heavy atom. The zero-order chi connectivity index (χ0) is 16.9. The van der Waals surface area contributed by atoms with Gasteiger partial charge < -0.3 is 19.5 Å². The van der Waals surface area contributed by atoms with E-state index in [1.807, 2.05) is 6.92 Å². The van der Waals surface area contributed by atoms with Crippen LogP contribution in [0.2, 0.25) is 0 Å². The molecule has 0 spiro atoms. The number of carbonyl (C=O) groups is 1. The van der Waals surface area contributed by atoms with E-state index in [-0.39, 0.29) is 11.7 Å². The molecule has 0 fully saturated rings. The molecule has 1 atom stereocenters. The van der Waals surface area contributed by atoms with Crippen molar-refractivity contribution in [1.82, 2.24) is 0 Å². The van der Waals surface area contributed by atoms with E-state index >= 15 is 0 Å². The van der Waals surface area contributed by atoms with Gasteiger partial charge in [-0.2, -0.15) is 0 Å². The van der Waals surface area contributed by atoms with E-state index in [2.05, 4.69) is 5.32 Å². The Labute approximate surface area is 139 Å². The Balaban J connectivity index is 1.67. The van der Waals surface area contributed by atoms with Gasteiger partial charge in [0.2, 0.25) is 0 Å². The number of carbonyl (C=O) groups excluding carboxylic acids is 1. The molecule has 0 unspecified atom stereocenters. The number of hydrogen-bond donors (Lipinski definition) is 1. The van der Waals surface area contributed by atoms with E-state index in [1.165, 1.54) is 24.3 Å². The summed E-state index contributed by atoms with van der Waals surface area (Å²) >= 11 is 0. The minimum Gasteiger partial charge on any atom is -0.486 e. The smallest absolute Gasteiger partial charge is 0.265 e. The van der Waals surface area contributed by atoms with Gasteiger partial charge in [-0.25, -0.2) is 4.39 Å². The van der Waals surface area contributed by atoms with E-state index in [9.17, 15) is 9.18 Å². The molecular weight excluding hydrogens is 313 g/mol. The van der Waals surface area contributed by atoms with Gasteiger partial charge in [-0.3, -0.25) is 4.79 Å². The number of halogens is 1. The van der Waals surface area contributed by atoms with Gasteiger partial charge in [0.05, 0.1) is 0 Å². The Bertz CT molecular complexity index is 717. The van der Waals surface area contributed by atoms with Gasteiger partial charge in [0.1, 0.15) is 24.8 Å². The van der Waals surface area contributed by atoms with Crippen LogP contribution in [-0.4, -0.2) is 25.2 Å². The summed E-state index contributed by atoms with van der Waals surface area (Å²) in [5.41, 5.74) is 0.602. The first kappa shape index (κ1) is 16.1. The van der Waals surface area contributed by atoms with Gasteiger partial charge in [-0.1, -0.05) is 6.92 Å². The van der Waals surface area contributed by atoms with Crippen LogP contribution < -0.4 is 19.5 Å². The van der Waals surface area contributed by atoms with Crippen molar-refractivity contribution < 1.29 is 23.4 Å². The second-order valence-electron chi connectivity index (χ2n) is 5.32. The number of rotatable bonds is 5. The van der Waals surface area contributed by atoms with Crippen LogP contribution in [-0.2, 0) is 4.79 Å². The third kappa shape index (κ3) is 3.76. The molecule has 1 heterocycles. The van der Waals surface area contributed by atoms with E-state index in [0.29, 0.717) is 42.6 Å². The van der Waals surface area contributed by atoms with Gasteiger partial charge in [0.15, 0.2) is 17.6 Å². The highest BCUT2D eigenvalue weighted by Gasteiger charge is 2.20. The molecule has 1 aliphatic rings. The maximum absolute atomic E-state index is 12.9. The molecule has 2 aromatic carbocycles. The quantitative estimate of drug-likeness (QED) is 0.912. The number of ether oxygens (including phenoxy) is 3. The summed E-state index contributed by atoms with van der Waals surface area (Å²) in [7, 11) is 0. The van der Waals surface area contributed by atoms with Crippen molar-refractivity contribution in [3.63, 3.8) is 0 Å². The number of fused-ring (bicyclic) bond motifs is 1. The average molecular weight is 331 g/mol. The van der Waals surface area contributed by atoms with Crippen LogP contribution in [0, 0.1) is 5.82 Å². The Kier molecular flexibility index (Phi) is 4.84. The highest BCUT2D eigenvalue weighted by molar-refractivity contribution is 5.94. The number of anilines is 1. The van der Waals surface area contributed by atoms with Gasteiger partial charge in [0.25, 0.3) is 5.91 Å². The maximum Gasteiger partial charge on any atom is 0.265 e. The van der Waals surface area contributed by atoms with Gasteiger partial charge in [0, 0.05) is 11.8 Å². The maximum atomic E-state index is 12.9. The summed E-state index contributed by atoms with van der Waals surface area (Å²) < 4.78 is 29.5. The van der Waals surface area contributed by atoms with Crippen molar-refractivity contribution in [2.24, 2.45) is 0 Å². The average Bonchev–Trinajstić information content (AvgIpc) is 2.61. The van der Waals surface area contributed by atoms with Crippen LogP contribution in [0.5, 0.6) is 17.2 Å². The molecule has 1 aliphatic heterocycles. The summed E-state index contributed by atoms with van der Waals surface area (Å²) in [6.07, 6.45) is -0.197. The lowest BCUT2D eigenvalue weighted by atomic mass is 10.2. The topological polar surface area (TPSA) is 56.8 Å². The van der Waals surface area contributed by atoms with E-state index in [4.69, 9.17) is 14.2 Å². The van der Waals surface area contributed by atoms with Crippen molar-refractivity contribution in [1.29, 1.82) is 0 Å². The SMILES string of the molecule is CC[C@H](Oc1ccc(F)cc1)C(=O)Nc1ccc2c(c1)OCCO2. The van der Waals surface area contributed by atoms with Crippen molar-refractivity contribution in [3.8, 4) is 17.2 Å². The Hall–Kier alpha value is -2.76. The predicted octanol–water partition coefficient (Wildman–Crippen LogP) is 3.39. The number of benzene rings is 2. The Morgan fingerprint density at radius 3 is 2.58 bits per heavy atom. The molecule has 0 bridgehead atoms. The van der Waals surface area contributed by atoms with Gasteiger partial charge >= 0.3 is 0 Å². The standard InChI is InChI=1S/C18H18FNO4/c1-2-15(24-14-6-3-12(19)4-7-14)18(21)20-13-5-8-16-17(11-13)23-10-9-22-16/h3-8,11,15H,2,9-10H2,1H3,(H,20,21)/t15-/m0/s1. The fourth-order valence-corrected chi connectivity index (χ4v) is 2.34. The van der Waals surface area contributed by atoms with E-state index < -0.39 is 6.10 Å². The van der Waals surface area contributed by atoms with E-state index in [1.54, 1.807) is 18.2 Å². The second kappa shape index (κ2) is 7.21. The molecule has 0 saturated heterocycles. The summed E-state index contributed by atoms with van der Waals surface area (Å²) in [5, 5.41) is 2.80. The van der Waals surface area contributed by atoms with Crippen LogP contribution in [0.15, 0.2) is 42.5 Å². The highest BCUT2D eigenvalue weighted by atomic mass is 19.1. The zero-order valence-corrected chi connectivity index (χ0v) is 13.3. The van der Waals surface area contributed by atoms with Crippen LogP contribution in [0.4, 0.5) is 10.1 Å². The normalized spacial score (nSPS) is 13.9. The fraction of sp³-hybridized carbons (Fsp3) is 0.278. The van der Waals surface area contributed by atoms with Crippen LogP contribution in [0.3, 0.4) is 0 Å². The van der Waals surface area contributed by atoms with Crippen LogP contribution in [0.25, 0.3) is 0 Å². The molecule has 0 saturated carbocycles. The van der Waals surface area contributed by atoms with Crippen molar-refractivity contribution in [2.75, 3.05) is 18.5 Å². The number of amides is 1. The predicted molar refractivity (Wildman–Crippen MR) is 87.2 cm³/mol. The molecule has 126 valence electrons. The first-order valence-corrected chi connectivity index (χ1v) is 7.78. The number of hydrogen-bond acceptors (Lipinski definition) is 4. The number of nitrogens with one attached hydrogen (secondary N) is 1. The molecule has 1 N–H and O–H groups in total. The summed E-state index contributed by atoms with van der Waals surface area (Å²) in [6, 6.07) is 10.8. The molecule has 0 radical (unpaired) electrons. The molecular formula is C18H18FNO4. The first-order chi connectivity index (χ1) is 11.7. The molecule has 0 aliphatic carbocycles. The molecule has 5 nitrogen and oxygen atoms in total. The van der Waals surface area contributed by atoms with Crippen LogP contribution >= 0.6 is 0 Å². The molecule has 0 aromatic heterocycles. The first-order valence-electron chi connectivity index (χ1n) is 7.78. The van der Waals surface area contributed by atoms with Crippen LogP contribution in [0.1, 0.15) is 13.3 Å². The monoisotopic (exact) mass is 331 g/mol. The Morgan fingerprint density at radius 1 is 1.17 bits per heavy atom. The molecule has 24 heavy (non-hydrogen) atoms. The lowest BCUT2D eigenvalue weighted by molar-refractivity contribution is -0.122. The lowest BCUT2D eigenvalue weighted by Gasteiger charge is -2.20. The van der Waals surface area contributed by atoms with E-state index in [0.717, 1.165) is 0 Å². The van der Waals surface area contributed by atoms with Crippen molar-refractivity contribution in [2.45, 2.75) is 19.4 Å². The molecule has 1 amide bonds. The summed E-state index contributed by atoms with van der Waals surface area (Å²) in [6.45, 7) is 2.84. The van der Waals surface area contributed by atoms with Gasteiger partial charge in [-0.05, 0) is 42.8 Å². The zero-order valence-electron chi connectivity index (χ0n) is 13.3. The summed E-state index contributed by atoms with van der Waals surface area (Å²) in [5.74, 6) is 1.08. The summed E-state index contributed by atoms with van der Waals surface area (Å²) in [4.78, 5) is 12.4. The second-order valence-corrected chi connectivity index (χ2v) is 5.32. The van der Waals surface area contributed by atoms with Crippen molar-refractivity contribution in [3.05, 3.63) is 48.3 Å². The molecule has 3 rings (SSSR count). The fourth-order valence-electron chi connectivity index (χ4n) is 2.34. The van der Waals surface area contributed by atoms with Gasteiger partial charge in [-0.15, -0.1) is 0 Å². The van der Waals surface area contributed by atoms with Crippen molar-refractivity contribution >= 4 is 11.6 Å². The largest absolute Gasteiger partial charge is 0.486 e. The molecule has 6 heteroatoms. The highest BCUT2D eigenvalue weighted by Crippen LogP contribution is 2.32.